The molecule has 4 aromatic carbocycles. The predicted octanol–water partition coefficient (Wildman–Crippen LogP) is 7.48. The number of nitrogens with zero attached hydrogens (tertiary/aromatic N) is 2. The van der Waals surface area contributed by atoms with E-state index in [0.717, 1.165) is 18.7 Å². The minimum Gasteiger partial charge on any atom is -0.489 e. The highest BCUT2D eigenvalue weighted by atomic mass is 16.5. The summed E-state index contributed by atoms with van der Waals surface area (Å²) in [5, 5.41) is 0. The van der Waals surface area contributed by atoms with Crippen molar-refractivity contribution in [2.24, 2.45) is 0 Å². The first-order valence-corrected chi connectivity index (χ1v) is 12.5. The van der Waals surface area contributed by atoms with Crippen LogP contribution in [0.3, 0.4) is 0 Å². The number of aromatic nitrogens is 1. The molecule has 3 nitrogen and oxygen atoms in total. The first-order valence-electron chi connectivity index (χ1n) is 12.5. The van der Waals surface area contributed by atoms with Crippen molar-refractivity contribution in [3.05, 3.63) is 150 Å². The molecular weight excluding hydrogens is 440 g/mol. The Morgan fingerprint density at radius 2 is 1.42 bits per heavy atom. The molecule has 36 heavy (non-hydrogen) atoms. The van der Waals surface area contributed by atoms with Crippen molar-refractivity contribution in [2.75, 3.05) is 11.4 Å². The number of hydrogen-bond donors (Lipinski definition) is 0. The maximum Gasteiger partial charge on any atom is 0.120 e. The van der Waals surface area contributed by atoms with E-state index in [-0.39, 0.29) is 6.04 Å². The van der Waals surface area contributed by atoms with Crippen LogP contribution in [0, 0.1) is 0 Å². The largest absolute Gasteiger partial charge is 0.489 e. The van der Waals surface area contributed by atoms with Crippen LogP contribution in [-0.4, -0.2) is 11.5 Å². The van der Waals surface area contributed by atoms with E-state index < -0.39 is 0 Å². The normalized spacial score (nSPS) is 14.8. The quantitative estimate of drug-likeness (QED) is 0.258. The molecule has 0 saturated carbocycles. The van der Waals surface area contributed by atoms with Gasteiger partial charge in [0.25, 0.3) is 0 Å². The molecule has 1 atom stereocenters. The summed E-state index contributed by atoms with van der Waals surface area (Å²) in [7, 11) is 0. The molecule has 5 aromatic rings. The van der Waals surface area contributed by atoms with Crippen molar-refractivity contribution >= 4 is 5.69 Å². The lowest BCUT2D eigenvalue weighted by Gasteiger charge is -2.39. The molecule has 0 N–H and O–H groups in total. The first-order chi connectivity index (χ1) is 17.8. The van der Waals surface area contributed by atoms with Crippen molar-refractivity contribution in [3.63, 3.8) is 0 Å². The second-order valence-corrected chi connectivity index (χ2v) is 9.17. The minimum absolute atomic E-state index is 0.144. The van der Waals surface area contributed by atoms with Crippen LogP contribution in [0.5, 0.6) is 5.75 Å². The molecule has 0 saturated heterocycles. The van der Waals surface area contributed by atoms with Gasteiger partial charge in [0, 0.05) is 24.6 Å². The number of ether oxygens (including phenoxy) is 1. The molecule has 3 heteroatoms. The average molecular weight is 469 g/mol. The molecule has 0 spiro atoms. The van der Waals surface area contributed by atoms with E-state index >= 15 is 0 Å². The third-order valence-corrected chi connectivity index (χ3v) is 6.92. The summed E-state index contributed by atoms with van der Waals surface area (Å²) < 4.78 is 6.16. The van der Waals surface area contributed by atoms with Gasteiger partial charge in [0.1, 0.15) is 12.4 Å². The highest BCUT2D eigenvalue weighted by Gasteiger charge is 2.29. The number of hydrogen-bond acceptors (Lipinski definition) is 3. The zero-order chi connectivity index (χ0) is 24.2. The Hall–Kier alpha value is -4.37. The van der Waals surface area contributed by atoms with Crippen LogP contribution in [0.1, 0.15) is 28.3 Å². The minimum atomic E-state index is 0.144. The lowest BCUT2D eigenvalue weighted by Crippen LogP contribution is -2.36. The monoisotopic (exact) mass is 468 g/mol. The lowest BCUT2D eigenvalue weighted by molar-refractivity contribution is 0.305. The van der Waals surface area contributed by atoms with Crippen molar-refractivity contribution in [3.8, 4) is 16.9 Å². The maximum absolute atomic E-state index is 6.16. The van der Waals surface area contributed by atoms with Crippen LogP contribution in [0.15, 0.2) is 128 Å². The molecule has 0 radical (unpaired) electrons. The molecule has 176 valence electrons. The number of rotatable bonds is 6. The van der Waals surface area contributed by atoms with E-state index in [2.05, 4.69) is 107 Å². The second-order valence-electron chi connectivity index (χ2n) is 9.17. The van der Waals surface area contributed by atoms with Gasteiger partial charge in [-0.15, -0.1) is 0 Å². The lowest BCUT2D eigenvalue weighted by atomic mass is 9.87. The third kappa shape index (κ3) is 4.60. The Labute approximate surface area is 212 Å². The molecule has 1 unspecified atom stereocenters. The molecule has 0 aliphatic carbocycles. The summed E-state index contributed by atoms with van der Waals surface area (Å²) in [6.45, 7) is 1.53. The standard InChI is InChI=1S/C33H28N2O/c1-3-7-25(8-4-1)24-36-31-15-16-32-29(23-31)19-22-35(30-9-5-2-6-10-30)33(32)28-13-11-26(12-14-28)27-17-20-34-21-18-27/h1-18,20-21,23,33H,19,22,24H2. The third-order valence-electron chi connectivity index (χ3n) is 6.92. The van der Waals surface area contributed by atoms with E-state index in [1.807, 2.05) is 30.6 Å². The van der Waals surface area contributed by atoms with Crippen molar-refractivity contribution in [1.29, 1.82) is 0 Å². The molecule has 1 aliphatic heterocycles. The van der Waals surface area contributed by atoms with Crippen LogP contribution >= 0.6 is 0 Å². The van der Waals surface area contributed by atoms with Crippen LogP contribution in [0.4, 0.5) is 5.69 Å². The molecular formula is C33H28N2O. The van der Waals surface area contributed by atoms with Gasteiger partial charge in [-0.05, 0) is 76.2 Å². The zero-order valence-electron chi connectivity index (χ0n) is 20.1. The van der Waals surface area contributed by atoms with Gasteiger partial charge in [-0.2, -0.15) is 0 Å². The number of fused-ring (bicyclic) bond motifs is 1. The van der Waals surface area contributed by atoms with Gasteiger partial charge in [-0.3, -0.25) is 4.98 Å². The van der Waals surface area contributed by atoms with Crippen molar-refractivity contribution < 1.29 is 4.74 Å². The Bertz CT molecular complexity index is 1420. The van der Waals surface area contributed by atoms with Gasteiger partial charge >= 0.3 is 0 Å². The fourth-order valence-corrected chi connectivity index (χ4v) is 5.09. The Kier molecular flexibility index (Phi) is 6.20. The highest BCUT2D eigenvalue weighted by molar-refractivity contribution is 5.64. The summed E-state index contributed by atoms with van der Waals surface area (Å²) >= 11 is 0. The summed E-state index contributed by atoms with van der Waals surface area (Å²) in [5.41, 5.74) is 8.79. The number of benzene rings is 4. The average Bonchev–Trinajstić information content (AvgIpc) is 2.97. The molecule has 2 heterocycles. The fourth-order valence-electron chi connectivity index (χ4n) is 5.09. The summed E-state index contributed by atoms with van der Waals surface area (Å²) in [6, 6.07) is 40.9. The van der Waals surface area contributed by atoms with Crippen LogP contribution < -0.4 is 9.64 Å². The molecule has 0 fully saturated rings. The van der Waals surface area contributed by atoms with Crippen molar-refractivity contribution in [1.82, 2.24) is 4.98 Å². The Balaban J connectivity index is 1.33. The Morgan fingerprint density at radius 1 is 0.722 bits per heavy atom. The summed E-state index contributed by atoms with van der Waals surface area (Å²) in [4.78, 5) is 6.67. The molecule has 0 bridgehead atoms. The molecule has 1 aliphatic rings. The zero-order valence-corrected chi connectivity index (χ0v) is 20.1. The fraction of sp³-hybridized carbons (Fsp3) is 0.121. The van der Waals surface area contributed by atoms with Gasteiger partial charge in [-0.25, -0.2) is 0 Å². The van der Waals surface area contributed by atoms with Crippen molar-refractivity contribution in [2.45, 2.75) is 19.1 Å². The van der Waals surface area contributed by atoms with E-state index in [1.54, 1.807) is 0 Å². The van der Waals surface area contributed by atoms with Gasteiger partial charge in [0.05, 0.1) is 6.04 Å². The van der Waals surface area contributed by atoms with E-state index in [0.29, 0.717) is 6.61 Å². The van der Waals surface area contributed by atoms with Gasteiger partial charge in [-0.1, -0.05) is 78.9 Å². The van der Waals surface area contributed by atoms with Gasteiger partial charge < -0.3 is 9.64 Å². The predicted molar refractivity (Wildman–Crippen MR) is 146 cm³/mol. The van der Waals surface area contributed by atoms with Gasteiger partial charge in [0.2, 0.25) is 0 Å². The van der Waals surface area contributed by atoms with E-state index in [4.69, 9.17) is 4.74 Å². The number of pyridine rings is 1. The highest BCUT2D eigenvalue weighted by Crippen LogP contribution is 2.40. The smallest absolute Gasteiger partial charge is 0.120 e. The summed E-state index contributed by atoms with van der Waals surface area (Å²) in [6.07, 6.45) is 4.67. The number of para-hydroxylation sites is 1. The second kappa shape index (κ2) is 10.1. The molecule has 1 aromatic heterocycles. The van der Waals surface area contributed by atoms with Gasteiger partial charge in [0.15, 0.2) is 0 Å². The Morgan fingerprint density at radius 3 is 2.17 bits per heavy atom. The van der Waals surface area contributed by atoms with Crippen LogP contribution in [-0.2, 0) is 13.0 Å². The topological polar surface area (TPSA) is 25.4 Å². The number of anilines is 1. The van der Waals surface area contributed by atoms with Crippen LogP contribution in [0.25, 0.3) is 11.1 Å². The maximum atomic E-state index is 6.16. The first kappa shape index (κ1) is 22.1. The SMILES string of the molecule is c1ccc(COc2ccc3c(c2)CCN(c2ccccc2)C3c2ccc(-c3ccncc3)cc2)cc1. The van der Waals surface area contributed by atoms with E-state index in [1.165, 1.54) is 39.1 Å². The summed E-state index contributed by atoms with van der Waals surface area (Å²) in [5.74, 6) is 0.928. The molecule has 0 amide bonds. The molecule has 6 rings (SSSR count). The van der Waals surface area contributed by atoms with E-state index in [9.17, 15) is 0 Å². The van der Waals surface area contributed by atoms with Crippen LogP contribution in [0.2, 0.25) is 0 Å².